The number of carbonyl (C=O) groups excluding carboxylic acids is 1. The van der Waals surface area contributed by atoms with Gasteiger partial charge >= 0.3 is 0 Å². The van der Waals surface area contributed by atoms with Gasteiger partial charge in [-0.05, 0) is 38.1 Å². The molecule has 0 fully saturated rings. The number of fused-ring (bicyclic) bond motifs is 2. The zero-order valence-corrected chi connectivity index (χ0v) is 18.6. The van der Waals surface area contributed by atoms with Gasteiger partial charge in [-0.3, -0.25) is 9.69 Å². The summed E-state index contributed by atoms with van der Waals surface area (Å²) in [5.74, 6) is 1.38. The molecule has 1 aliphatic heterocycles. The molecule has 0 unspecified atom stereocenters. The van der Waals surface area contributed by atoms with Crippen LogP contribution in [0.25, 0.3) is 0 Å². The molecule has 0 aliphatic carbocycles. The molecular formula is C23H26N4O3S. The third-order valence-corrected chi connectivity index (χ3v) is 6.21. The van der Waals surface area contributed by atoms with Crippen LogP contribution in [0.1, 0.15) is 27.9 Å². The molecule has 3 aromatic rings. The van der Waals surface area contributed by atoms with Crippen molar-refractivity contribution in [3.8, 4) is 17.4 Å². The lowest BCUT2D eigenvalue weighted by molar-refractivity contribution is 0.0736. The highest BCUT2D eigenvalue weighted by molar-refractivity contribution is 7.09. The first kappa shape index (κ1) is 21.3. The molecule has 1 amide bonds. The fourth-order valence-electron chi connectivity index (χ4n) is 3.46. The highest BCUT2D eigenvalue weighted by Crippen LogP contribution is 2.32. The van der Waals surface area contributed by atoms with Crippen LogP contribution in [0.3, 0.4) is 0 Å². The van der Waals surface area contributed by atoms with E-state index in [-0.39, 0.29) is 5.91 Å². The molecule has 162 valence electrons. The average Bonchev–Trinajstić information content (AvgIpc) is 3.19. The van der Waals surface area contributed by atoms with Crippen molar-refractivity contribution in [1.29, 1.82) is 0 Å². The molecule has 1 aromatic carbocycles. The first-order valence-corrected chi connectivity index (χ1v) is 11.3. The van der Waals surface area contributed by atoms with Gasteiger partial charge in [0.25, 0.3) is 5.91 Å². The SMILES string of the molecule is CCN1CCN(Cc2scnc2C)CCOc2ccccc2Oc2ncccc2C1=O. The van der Waals surface area contributed by atoms with Crippen molar-refractivity contribution in [1.82, 2.24) is 19.8 Å². The Morgan fingerprint density at radius 3 is 2.68 bits per heavy atom. The number of aryl methyl sites for hydroxylation is 1. The van der Waals surface area contributed by atoms with Gasteiger partial charge in [0.15, 0.2) is 11.5 Å². The fraction of sp³-hybridized carbons (Fsp3) is 0.348. The molecule has 0 atom stereocenters. The summed E-state index contributed by atoms with van der Waals surface area (Å²) in [4.78, 5) is 27.4. The first-order chi connectivity index (χ1) is 15.2. The van der Waals surface area contributed by atoms with Crippen LogP contribution in [0.5, 0.6) is 17.4 Å². The number of pyridine rings is 1. The Balaban J connectivity index is 1.65. The van der Waals surface area contributed by atoms with Gasteiger partial charge in [-0.1, -0.05) is 12.1 Å². The Labute approximate surface area is 186 Å². The standard InChI is InChI=1S/C23H26N4O3S/c1-3-27-12-11-26(15-21-17(2)25-16-31-21)13-14-29-19-8-4-5-9-20(19)30-22-18(23(27)28)7-6-10-24-22/h4-10,16H,3,11-15H2,1-2H3. The minimum Gasteiger partial charge on any atom is -0.488 e. The monoisotopic (exact) mass is 438 g/mol. The maximum Gasteiger partial charge on any atom is 0.259 e. The number of rotatable bonds is 3. The molecular weight excluding hydrogens is 412 g/mol. The predicted molar refractivity (Wildman–Crippen MR) is 120 cm³/mol. The van der Waals surface area contributed by atoms with Crippen molar-refractivity contribution in [2.75, 3.05) is 32.8 Å². The molecule has 31 heavy (non-hydrogen) atoms. The average molecular weight is 439 g/mol. The fourth-order valence-corrected chi connectivity index (χ4v) is 4.28. The second-order valence-electron chi connectivity index (χ2n) is 7.28. The smallest absolute Gasteiger partial charge is 0.259 e. The number of amides is 1. The number of hydrogen-bond acceptors (Lipinski definition) is 7. The van der Waals surface area contributed by atoms with Crippen molar-refractivity contribution < 1.29 is 14.3 Å². The van der Waals surface area contributed by atoms with Gasteiger partial charge in [0.1, 0.15) is 12.2 Å². The van der Waals surface area contributed by atoms with Gasteiger partial charge in [0.2, 0.25) is 5.88 Å². The summed E-state index contributed by atoms with van der Waals surface area (Å²) in [6.07, 6.45) is 1.63. The predicted octanol–water partition coefficient (Wildman–Crippen LogP) is 4.00. The van der Waals surface area contributed by atoms with E-state index in [2.05, 4.69) is 14.9 Å². The number of carbonyl (C=O) groups is 1. The van der Waals surface area contributed by atoms with E-state index >= 15 is 0 Å². The van der Waals surface area contributed by atoms with Crippen molar-refractivity contribution in [3.63, 3.8) is 0 Å². The van der Waals surface area contributed by atoms with Crippen molar-refractivity contribution in [3.05, 3.63) is 64.2 Å². The van der Waals surface area contributed by atoms with Crippen LogP contribution in [0.2, 0.25) is 0 Å². The van der Waals surface area contributed by atoms with E-state index in [1.165, 1.54) is 4.88 Å². The van der Waals surface area contributed by atoms with E-state index in [9.17, 15) is 4.79 Å². The molecule has 0 saturated carbocycles. The molecule has 0 radical (unpaired) electrons. The van der Waals surface area contributed by atoms with Crippen LogP contribution in [-0.2, 0) is 6.54 Å². The van der Waals surface area contributed by atoms with Crippen LogP contribution < -0.4 is 9.47 Å². The number of para-hydroxylation sites is 2. The number of thiazole rings is 1. The number of nitrogens with zero attached hydrogens (tertiary/aromatic N) is 4. The molecule has 0 spiro atoms. The van der Waals surface area contributed by atoms with E-state index in [0.717, 1.165) is 25.3 Å². The lowest BCUT2D eigenvalue weighted by atomic mass is 10.2. The Morgan fingerprint density at radius 2 is 1.90 bits per heavy atom. The third kappa shape index (κ3) is 5.03. The highest BCUT2D eigenvalue weighted by Gasteiger charge is 2.22. The summed E-state index contributed by atoms with van der Waals surface area (Å²) >= 11 is 1.66. The maximum atomic E-state index is 13.3. The quantitative estimate of drug-likeness (QED) is 0.616. The lowest BCUT2D eigenvalue weighted by Crippen LogP contribution is -2.39. The molecule has 4 rings (SSSR count). The molecule has 0 N–H and O–H groups in total. The van der Waals surface area contributed by atoms with Crippen LogP contribution in [-0.4, -0.2) is 58.5 Å². The Kier molecular flexibility index (Phi) is 6.79. The number of aromatic nitrogens is 2. The number of likely N-dealkylation sites (N-methyl/N-ethyl adjacent to an activating group) is 1. The Morgan fingerprint density at radius 1 is 1.06 bits per heavy atom. The van der Waals surface area contributed by atoms with Crippen LogP contribution in [0, 0.1) is 6.92 Å². The van der Waals surface area contributed by atoms with Gasteiger partial charge in [-0.2, -0.15) is 0 Å². The summed E-state index contributed by atoms with van der Waals surface area (Å²) in [5, 5.41) is 0. The summed E-state index contributed by atoms with van der Waals surface area (Å²) in [5.41, 5.74) is 3.38. The molecule has 8 heteroatoms. The van der Waals surface area contributed by atoms with E-state index < -0.39 is 0 Å². The van der Waals surface area contributed by atoms with E-state index in [4.69, 9.17) is 9.47 Å². The topological polar surface area (TPSA) is 67.8 Å². The van der Waals surface area contributed by atoms with Crippen molar-refractivity contribution in [2.45, 2.75) is 20.4 Å². The van der Waals surface area contributed by atoms with Gasteiger partial charge in [0, 0.05) is 43.8 Å². The second-order valence-corrected chi connectivity index (χ2v) is 8.21. The number of benzene rings is 1. The van der Waals surface area contributed by atoms with Crippen molar-refractivity contribution >= 4 is 17.2 Å². The number of hydrogen-bond donors (Lipinski definition) is 0. The Hall–Kier alpha value is -2.97. The normalized spacial score (nSPS) is 15.5. The number of ether oxygens (including phenoxy) is 2. The maximum absolute atomic E-state index is 13.3. The van der Waals surface area contributed by atoms with Gasteiger partial charge in [0.05, 0.1) is 11.2 Å². The molecule has 7 nitrogen and oxygen atoms in total. The first-order valence-electron chi connectivity index (χ1n) is 10.4. The van der Waals surface area contributed by atoms with Crippen molar-refractivity contribution in [2.24, 2.45) is 0 Å². The third-order valence-electron chi connectivity index (χ3n) is 5.29. The van der Waals surface area contributed by atoms with Crippen LogP contribution >= 0.6 is 11.3 Å². The summed E-state index contributed by atoms with van der Waals surface area (Å²) in [6.45, 7) is 7.98. The minimum absolute atomic E-state index is 0.0860. The minimum atomic E-state index is -0.0860. The molecule has 1 aliphatic rings. The molecule has 0 saturated heterocycles. The summed E-state index contributed by atoms with van der Waals surface area (Å²) in [6, 6.07) is 11.0. The van der Waals surface area contributed by atoms with Crippen LogP contribution in [0.4, 0.5) is 0 Å². The van der Waals surface area contributed by atoms with Gasteiger partial charge in [-0.15, -0.1) is 11.3 Å². The largest absolute Gasteiger partial charge is 0.488 e. The molecule has 2 aromatic heterocycles. The second kappa shape index (κ2) is 9.89. The van der Waals surface area contributed by atoms with Gasteiger partial charge < -0.3 is 14.4 Å². The van der Waals surface area contributed by atoms with E-state index in [0.29, 0.717) is 42.6 Å². The summed E-state index contributed by atoms with van der Waals surface area (Å²) < 4.78 is 12.1. The zero-order valence-electron chi connectivity index (χ0n) is 17.8. The zero-order chi connectivity index (χ0) is 21.6. The molecule has 3 heterocycles. The Bertz CT molecular complexity index is 1040. The molecule has 0 bridgehead atoms. The van der Waals surface area contributed by atoms with E-state index in [1.807, 2.05) is 48.5 Å². The summed E-state index contributed by atoms with van der Waals surface area (Å²) in [7, 11) is 0. The highest BCUT2D eigenvalue weighted by atomic mass is 32.1. The van der Waals surface area contributed by atoms with Gasteiger partial charge in [-0.25, -0.2) is 9.97 Å². The van der Waals surface area contributed by atoms with E-state index in [1.54, 1.807) is 29.7 Å². The lowest BCUT2D eigenvalue weighted by Gasteiger charge is -2.27. The van der Waals surface area contributed by atoms with Crippen LogP contribution in [0.15, 0.2) is 48.1 Å².